The largest absolute Gasteiger partial charge is 0.462 e. The van der Waals surface area contributed by atoms with Crippen LogP contribution in [0.3, 0.4) is 0 Å². The molecule has 32 heavy (non-hydrogen) atoms. The standard InChI is InChI=1S/C21H23BrN4O4S2/c1-3-26-18(13-9-10-15(22)30-13)24-25-21(26)31-11-16(27)23-19-17(20(28)29-4-2)12-7-5-6-8-14(12)32-19/h9-10H,3-8,11H2,1-2H3,(H,23,27). The topological polar surface area (TPSA) is 99.2 Å². The number of amides is 1. The molecule has 3 aromatic rings. The summed E-state index contributed by atoms with van der Waals surface area (Å²) >= 11 is 6.07. The summed E-state index contributed by atoms with van der Waals surface area (Å²) in [5.41, 5.74) is 1.55. The van der Waals surface area contributed by atoms with Crippen LogP contribution in [0.5, 0.6) is 0 Å². The van der Waals surface area contributed by atoms with Gasteiger partial charge in [-0.1, -0.05) is 11.8 Å². The van der Waals surface area contributed by atoms with Crippen molar-refractivity contribution in [2.45, 2.75) is 51.2 Å². The van der Waals surface area contributed by atoms with Crippen LogP contribution in [0.4, 0.5) is 5.00 Å². The third kappa shape index (κ3) is 4.79. The van der Waals surface area contributed by atoms with Crippen molar-refractivity contribution in [2.75, 3.05) is 17.7 Å². The van der Waals surface area contributed by atoms with Crippen molar-refractivity contribution >= 4 is 55.9 Å². The van der Waals surface area contributed by atoms with Gasteiger partial charge < -0.3 is 14.5 Å². The number of nitrogens with zero attached hydrogens (tertiary/aromatic N) is 3. The van der Waals surface area contributed by atoms with Gasteiger partial charge in [-0.15, -0.1) is 21.5 Å². The van der Waals surface area contributed by atoms with Gasteiger partial charge in [-0.3, -0.25) is 9.36 Å². The van der Waals surface area contributed by atoms with Crippen molar-refractivity contribution < 1.29 is 18.7 Å². The van der Waals surface area contributed by atoms with Crippen molar-refractivity contribution in [3.05, 3.63) is 32.8 Å². The molecular weight excluding hydrogens is 516 g/mol. The van der Waals surface area contributed by atoms with E-state index in [4.69, 9.17) is 9.15 Å². The number of carbonyl (C=O) groups is 2. The molecule has 0 atom stereocenters. The number of esters is 1. The predicted molar refractivity (Wildman–Crippen MR) is 127 cm³/mol. The fraction of sp³-hybridized carbons (Fsp3) is 0.429. The molecule has 1 N–H and O–H groups in total. The fourth-order valence-electron chi connectivity index (χ4n) is 3.66. The van der Waals surface area contributed by atoms with E-state index in [0.29, 0.717) is 45.1 Å². The quantitative estimate of drug-likeness (QED) is 0.312. The number of ether oxygens (including phenoxy) is 1. The number of thioether (sulfide) groups is 1. The van der Waals surface area contributed by atoms with Gasteiger partial charge in [0.1, 0.15) is 5.00 Å². The van der Waals surface area contributed by atoms with E-state index in [2.05, 4.69) is 31.4 Å². The van der Waals surface area contributed by atoms with Gasteiger partial charge in [0.15, 0.2) is 15.6 Å². The van der Waals surface area contributed by atoms with Crippen LogP contribution in [0, 0.1) is 0 Å². The molecule has 0 fully saturated rings. The normalized spacial score (nSPS) is 13.1. The highest BCUT2D eigenvalue weighted by molar-refractivity contribution is 9.10. The van der Waals surface area contributed by atoms with Gasteiger partial charge in [0.05, 0.1) is 17.9 Å². The number of furan rings is 1. The van der Waals surface area contributed by atoms with Crippen LogP contribution in [-0.2, 0) is 28.9 Å². The monoisotopic (exact) mass is 538 g/mol. The number of hydrogen-bond acceptors (Lipinski definition) is 8. The Kier molecular flexibility index (Phi) is 7.37. The molecule has 0 saturated heterocycles. The first kappa shape index (κ1) is 23.1. The van der Waals surface area contributed by atoms with E-state index in [1.165, 1.54) is 28.0 Å². The molecule has 3 heterocycles. The maximum Gasteiger partial charge on any atom is 0.341 e. The summed E-state index contributed by atoms with van der Waals surface area (Å²) in [5, 5.41) is 12.6. The van der Waals surface area contributed by atoms with E-state index in [-0.39, 0.29) is 17.6 Å². The van der Waals surface area contributed by atoms with Gasteiger partial charge in [0, 0.05) is 11.4 Å². The van der Waals surface area contributed by atoms with E-state index >= 15 is 0 Å². The van der Waals surface area contributed by atoms with Crippen molar-refractivity contribution in [3.63, 3.8) is 0 Å². The lowest BCUT2D eigenvalue weighted by Crippen LogP contribution is -2.17. The zero-order valence-corrected chi connectivity index (χ0v) is 21.0. The Balaban J connectivity index is 1.48. The van der Waals surface area contributed by atoms with Crippen LogP contribution in [0.2, 0.25) is 0 Å². The Morgan fingerprint density at radius 3 is 2.81 bits per heavy atom. The van der Waals surface area contributed by atoms with Crippen molar-refractivity contribution in [2.24, 2.45) is 0 Å². The second kappa shape index (κ2) is 10.2. The third-order valence-corrected chi connectivity index (χ3v) is 7.66. The first-order valence-electron chi connectivity index (χ1n) is 10.4. The van der Waals surface area contributed by atoms with Crippen molar-refractivity contribution in [3.8, 4) is 11.6 Å². The van der Waals surface area contributed by atoms with E-state index in [1.54, 1.807) is 13.0 Å². The Morgan fingerprint density at radius 2 is 2.09 bits per heavy atom. The van der Waals surface area contributed by atoms with Crippen LogP contribution in [-0.4, -0.2) is 39.0 Å². The SMILES string of the molecule is CCOC(=O)c1c(NC(=O)CSc2nnc(-c3ccc(Br)o3)n2CC)sc2c1CCCC2. The van der Waals surface area contributed by atoms with Crippen molar-refractivity contribution in [1.29, 1.82) is 0 Å². The van der Waals surface area contributed by atoms with Crippen LogP contribution >= 0.6 is 39.0 Å². The predicted octanol–water partition coefficient (Wildman–Crippen LogP) is 5.17. The molecule has 0 unspecified atom stereocenters. The Morgan fingerprint density at radius 1 is 1.28 bits per heavy atom. The maximum absolute atomic E-state index is 12.8. The van der Waals surface area contributed by atoms with Gasteiger partial charge in [0.25, 0.3) is 0 Å². The second-order valence-corrected chi connectivity index (χ2v) is 9.96. The van der Waals surface area contributed by atoms with Crippen LogP contribution in [0.1, 0.15) is 47.5 Å². The van der Waals surface area contributed by atoms with E-state index in [1.807, 2.05) is 17.6 Å². The molecule has 3 aromatic heterocycles. The van der Waals surface area contributed by atoms with Crippen LogP contribution in [0.15, 0.2) is 26.4 Å². The molecule has 0 spiro atoms. The fourth-order valence-corrected chi connectivity index (χ4v) is 6.07. The number of thiophene rings is 1. The molecule has 11 heteroatoms. The summed E-state index contributed by atoms with van der Waals surface area (Å²) in [6.45, 7) is 4.70. The highest BCUT2D eigenvalue weighted by Crippen LogP contribution is 2.38. The number of aromatic nitrogens is 3. The number of nitrogens with one attached hydrogen (secondary N) is 1. The minimum Gasteiger partial charge on any atom is -0.462 e. The summed E-state index contributed by atoms with van der Waals surface area (Å²) in [7, 11) is 0. The van der Waals surface area contributed by atoms with Gasteiger partial charge >= 0.3 is 5.97 Å². The molecule has 8 nitrogen and oxygen atoms in total. The van der Waals surface area contributed by atoms with E-state index < -0.39 is 0 Å². The molecule has 0 radical (unpaired) electrons. The average Bonchev–Trinajstić information content (AvgIpc) is 3.48. The minimum absolute atomic E-state index is 0.144. The smallest absolute Gasteiger partial charge is 0.341 e. The third-order valence-electron chi connectivity index (χ3n) is 5.06. The number of fused-ring (bicyclic) bond motifs is 1. The number of hydrogen-bond donors (Lipinski definition) is 1. The van der Waals surface area contributed by atoms with E-state index in [0.717, 1.165) is 31.2 Å². The molecule has 1 aliphatic carbocycles. The summed E-state index contributed by atoms with van der Waals surface area (Å²) in [6.07, 6.45) is 3.92. The molecular formula is C21H23BrN4O4S2. The van der Waals surface area contributed by atoms with Gasteiger partial charge in [-0.25, -0.2) is 4.79 Å². The summed E-state index contributed by atoms with van der Waals surface area (Å²) in [6, 6.07) is 3.61. The zero-order chi connectivity index (χ0) is 22.7. The Hall–Kier alpha value is -2.11. The van der Waals surface area contributed by atoms with E-state index in [9.17, 15) is 9.59 Å². The van der Waals surface area contributed by atoms with Gasteiger partial charge in [-0.05, 0) is 73.2 Å². The van der Waals surface area contributed by atoms with Crippen LogP contribution in [0.25, 0.3) is 11.6 Å². The number of rotatable bonds is 8. The lowest BCUT2D eigenvalue weighted by molar-refractivity contribution is -0.113. The summed E-state index contributed by atoms with van der Waals surface area (Å²) in [4.78, 5) is 26.5. The highest BCUT2D eigenvalue weighted by atomic mass is 79.9. The number of aryl methyl sites for hydroxylation is 1. The highest BCUT2D eigenvalue weighted by Gasteiger charge is 2.27. The number of carbonyl (C=O) groups excluding carboxylic acids is 2. The molecule has 0 saturated carbocycles. The van der Waals surface area contributed by atoms with Gasteiger partial charge in [0.2, 0.25) is 11.7 Å². The Labute approximate surface area is 202 Å². The zero-order valence-electron chi connectivity index (χ0n) is 17.8. The first-order valence-corrected chi connectivity index (χ1v) is 13.0. The second-order valence-electron chi connectivity index (χ2n) is 7.13. The molecule has 0 aliphatic heterocycles. The minimum atomic E-state index is -0.366. The van der Waals surface area contributed by atoms with Gasteiger partial charge in [-0.2, -0.15) is 0 Å². The Bertz CT molecular complexity index is 1140. The first-order chi connectivity index (χ1) is 15.5. The molecule has 1 amide bonds. The lowest BCUT2D eigenvalue weighted by Gasteiger charge is -2.12. The van der Waals surface area contributed by atoms with Crippen LogP contribution < -0.4 is 5.32 Å². The molecule has 170 valence electrons. The van der Waals surface area contributed by atoms with Crippen molar-refractivity contribution in [1.82, 2.24) is 14.8 Å². The average molecular weight is 539 g/mol. The lowest BCUT2D eigenvalue weighted by atomic mass is 9.95. The molecule has 0 aromatic carbocycles. The maximum atomic E-state index is 12.8. The molecule has 4 rings (SSSR count). The summed E-state index contributed by atoms with van der Waals surface area (Å²) < 4.78 is 13.4. The number of anilines is 1. The number of halogens is 1. The summed E-state index contributed by atoms with van der Waals surface area (Å²) in [5.74, 6) is 0.787. The molecule has 1 aliphatic rings. The molecule has 0 bridgehead atoms.